The molecule has 0 aromatic carbocycles. The predicted molar refractivity (Wildman–Crippen MR) is 270 cm³/mol. The van der Waals surface area contributed by atoms with Gasteiger partial charge in [-0.15, -0.1) is 0 Å². The highest BCUT2D eigenvalue weighted by atomic mass is 16.6. The van der Waals surface area contributed by atoms with E-state index in [4.69, 9.17) is 14.2 Å². The maximum absolute atomic E-state index is 12.8. The molecule has 0 rings (SSSR count). The number of hydrogen-bond donors (Lipinski definition) is 0. The van der Waals surface area contributed by atoms with Gasteiger partial charge in [0.1, 0.15) is 13.2 Å². The van der Waals surface area contributed by atoms with E-state index in [9.17, 15) is 14.4 Å². The van der Waals surface area contributed by atoms with Crippen molar-refractivity contribution < 1.29 is 28.6 Å². The van der Waals surface area contributed by atoms with E-state index >= 15 is 0 Å². The van der Waals surface area contributed by atoms with Crippen LogP contribution in [0.2, 0.25) is 0 Å². The average molecular weight is 883 g/mol. The fourth-order valence-electron chi connectivity index (χ4n) is 7.65. The Kier molecular flexibility index (Phi) is 49.8. The van der Waals surface area contributed by atoms with E-state index in [1.165, 1.54) is 141 Å². The molecular weight excluding hydrogens is 781 g/mol. The molecule has 0 bridgehead atoms. The first-order chi connectivity index (χ1) is 31.0. The Morgan fingerprint density at radius 1 is 0.317 bits per heavy atom. The molecule has 0 N–H and O–H groups in total. The first-order valence-electron chi connectivity index (χ1n) is 27.1. The Labute approximate surface area is 390 Å². The van der Waals surface area contributed by atoms with E-state index in [0.717, 1.165) is 96.3 Å². The summed E-state index contributed by atoms with van der Waals surface area (Å²) in [5, 5.41) is 0. The number of esters is 3. The summed E-state index contributed by atoms with van der Waals surface area (Å²) >= 11 is 0. The van der Waals surface area contributed by atoms with Crippen LogP contribution in [-0.2, 0) is 28.6 Å². The van der Waals surface area contributed by atoms with Crippen LogP contribution in [0.25, 0.3) is 0 Å². The molecule has 0 amide bonds. The van der Waals surface area contributed by atoms with Crippen LogP contribution in [0.1, 0.15) is 278 Å². The summed E-state index contributed by atoms with van der Waals surface area (Å²) in [5.41, 5.74) is 0. The van der Waals surface area contributed by atoms with Gasteiger partial charge in [-0.2, -0.15) is 0 Å². The van der Waals surface area contributed by atoms with Crippen molar-refractivity contribution in [2.75, 3.05) is 13.2 Å². The lowest BCUT2D eigenvalue weighted by molar-refractivity contribution is -0.167. The van der Waals surface area contributed by atoms with Gasteiger partial charge in [-0.3, -0.25) is 14.4 Å². The van der Waals surface area contributed by atoms with Crippen molar-refractivity contribution in [3.8, 4) is 0 Å². The number of rotatable bonds is 49. The molecule has 0 aromatic heterocycles. The molecule has 366 valence electrons. The van der Waals surface area contributed by atoms with Crippen LogP contribution in [-0.4, -0.2) is 37.2 Å². The molecular formula is C57H102O6. The lowest BCUT2D eigenvalue weighted by atomic mass is 10.1. The van der Waals surface area contributed by atoms with Crippen molar-refractivity contribution in [3.63, 3.8) is 0 Å². The number of ether oxygens (including phenoxy) is 3. The first kappa shape index (κ1) is 60.4. The molecule has 0 saturated carbocycles. The van der Waals surface area contributed by atoms with E-state index < -0.39 is 6.10 Å². The van der Waals surface area contributed by atoms with Crippen molar-refractivity contribution in [1.29, 1.82) is 0 Å². The molecule has 6 nitrogen and oxygen atoms in total. The highest BCUT2D eigenvalue weighted by molar-refractivity contribution is 5.71. The third-order valence-corrected chi connectivity index (χ3v) is 11.8. The van der Waals surface area contributed by atoms with Gasteiger partial charge >= 0.3 is 17.9 Å². The smallest absolute Gasteiger partial charge is 0.306 e. The van der Waals surface area contributed by atoms with Crippen LogP contribution in [0, 0.1) is 0 Å². The van der Waals surface area contributed by atoms with E-state index in [1.54, 1.807) is 0 Å². The Hall–Kier alpha value is -2.63. The van der Waals surface area contributed by atoms with Crippen LogP contribution in [0.5, 0.6) is 0 Å². The van der Waals surface area contributed by atoms with Crippen molar-refractivity contribution >= 4 is 17.9 Å². The number of allylic oxidation sites excluding steroid dienone is 8. The Bertz CT molecular complexity index is 1110. The molecule has 0 saturated heterocycles. The minimum atomic E-state index is -0.782. The van der Waals surface area contributed by atoms with Gasteiger partial charge in [0.2, 0.25) is 0 Å². The lowest BCUT2D eigenvalue weighted by Gasteiger charge is -2.18. The molecule has 0 radical (unpaired) electrons. The zero-order chi connectivity index (χ0) is 45.8. The fourth-order valence-corrected chi connectivity index (χ4v) is 7.65. The monoisotopic (exact) mass is 883 g/mol. The second kappa shape index (κ2) is 52.0. The third-order valence-electron chi connectivity index (χ3n) is 11.8. The van der Waals surface area contributed by atoms with E-state index in [-0.39, 0.29) is 31.1 Å². The van der Waals surface area contributed by atoms with Gasteiger partial charge in [-0.1, -0.05) is 211 Å². The molecule has 0 heterocycles. The van der Waals surface area contributed by atoms with Gasteiger partial charge in [0, 0.05) is 19.3 Å². The van der Waals surface area contributed by atoms with Crippen molar-refractivity contribution in [2.24, 2.45) is 0 Å². The summed E-state index contributed by atoms with van der Waals surface area (Å²) in [7, 11) is 0. The standard InChI is InChI=1S/C57H102O6/c1-4-7-10-13-16-19-22-24-26-28-29-30-32-33-35-38-41-44-47-50-56(59)62-53-54(52-61-55(58)49-46-43-40-37-21-18-15-12-9-6-3)63-57(60)51-48-45-42-39-36-34-31-27-25-23-20-17-14-11-8-5-2/h12,15,20,23-24,26-27,31,54H,4-11,13-14,16-19,21-22,25,28-30,32-53H2,1-3H3/b15-12-,23-20-,26-24-,31-27-. The third kappa shape index (κ3) is 50.2. The molecule has 0 fully saturated rings. The van der Waals surface area contributed by atoms with Gasteiger partial charge in [0.25, 0.3) is 0 Å². The van der Waals surface area contributed by atoms with Crippen LogP contribution < -0.4 is 0 Å². The highest BCUT2D eigenvalue weighted by Gasteiger charge is 2.19. The SMILES string of the molecule is CCC/C=C\CCCCCCCC(=O)OCC(COC(=O)CCCCCCCCCCC/C=C\CCCCCCCC)OC(=O)CCCCCCC/C=C\C/C=C\CCCCCC. The summed E-state index contributed by atoms with van der Waals surface area (Å²) in [4.78, 5) is 38.0. The maximum atomic E-state index is 12.8. The highest BCUT2D eigenvalue weighted by Crippen LogP contribution is 2.15. The molecule has 1 unspecified atom stereocenters. The topological polar surface area (TPSA) is 78.9 Å². The summed E-state index contributed by atoms with van der Waals surface area (Å²) in [6.07, 6.45) is 62.4. The zero-order valence-electron chi connectivity index (χ0n) is 41.8. The van der Waals surface area contributed by atoms with E-state index in [0.29, 0.717) is 19.3 Å². The summed E-state index contributed by atoms with van der Waals surface area (Å²) in [5.74, 6) is -0.901. The summed E-state index contributed by atoms with van der Waals surface area (Å²) < 4.78 is 16.8. The maximum Gasteiger partial charge on any atom is 0.306 e. The van der Waals surface area contributed by atoms with E-state index in [1.807, 2.05) is 0 Å². The van der Waals surface area contributed by atoms with Crippen LogP contribution >= 0.6 is 0 Å². The van der Waals surface area contributed by atoms with Crippen molar-refractivity contribution in [2.45, 2.75) is 284 Å². The average Bonchev–Trinajstić information content (AvgIpc) is 3.28. The molecule has 0 aliphatic rings. The Morgan fingerprint density at radius 2 is 0.603 bits per heavy atom. The van der Waals surface area contributed by atoms with Gasteiger partial charge in [0.05, 0.1) is 0 Å². The van der Waals surface area contributed by atoms with E-state index in [2.05, 4.69) is 69.4 Å². The van der Waals surface area contributed by atoms with Gasteiger partial charge in [-0.25, -0.2) is 0 Å². The molecule has 1 atom stereocenters. The van der Waals surface area contributed by atoms with Crippen molar-refractivity contribution in [3.05, 3.63) is 48.6 Å². The number of unbranched alkanes of at least 4 members (excludes halogenated alkanes) is 30. The molecule has 0 aliphatic carbocycles. The van der Waals surface area contributed by atoms with Gasteiger partial charge < -0.3 is 14.2 Å². The predicted octanol–water partition coefficient (Wildman–Crippen LogP) is 17.9. The zero-order valence-corrected chi connectivity index (χ0v) is 41.8. The molecule has 0 spiro atoms. The Morgan fingerprint density at radius 3 is 0.968 bits per heavy atom. The minimum absolute atomic E-state index is 0.0816. The largest absolute Gasteiger partial charge is 0.462 e. The van der Waals surface area contributed by atoms with Crippen LogP contribution in [0.15, 0.2) is 48.6 Å². The number of hydrogen-bond acceptors (Lipinski definition) is 6. The molecule has 0 aromatic rings. The van der Waals surface area contributed by atoms with Crippen LogP contribution in [0.3, 0.4) is 0 Å². The van der Waals surface area contributed by atoms with Gasteiger partial charge in [0.15, 0.2) is 6.10 Å². The molecule has 0 aliphatic heterocycles. The van der Waals surface area contributed by atoms with Gasteiger partial charge in [-0.05, 0) is 96.3 Å². The quantitative estimate of drug-likeness (QED) is 0.0262. The number of carbonyl (C=O) groups is 3. The molecule has 6 heteroatoms. The van der Waals surface area contributed by atoms with Crippen molar-refractivity contribution in [1.82, 2.24) is 0 Å². The summed E-state index contributed by atoms with van der Waals surface area (Å²) in [6, 6.07) is 0. The normalized spacial score (nSPS) is 12.4. The Balaban J connectivity index is 4.33. The second-order valence-electron chi connectivity index (χ2n) is 18.1. The first-order valence-corrected chi connectivity index (χ1v) is 27.1. The second-order valence-corrected chi connectivity index (χ2v) is 18.1. The van der Waals surface area contributed by atoms with Crippen LogP contribution in [0.4, 0.5) is 0 Å². The molecule has 63 heavy (non-hydrogen) atoms. The lowest BCUT2D eigenvalue weighted by Crippen LogP contribution is -2.30. The fraction of sp³-hybridized carbons (Fsp3) is 0.807. The number of carbonyl (C=O) groups excluding carboxylic acids is 3. The summed E-state index contributed by atoms with van der Waals surface area (Å²) in [6.45, 7) is 6.55. The minimum Gasteiger partial charge on any atom is -0.462 e.